The molecule has 10 heavy (non-hydrogen) atoms. The van der Waals surface area contributed by atoms with Gasteiger partial charge in [-0.3, -0.25) is 4.79 Å². The first kappa shape index (κ1) is 12.6. The molecule has 3 heteroatoms. The molecule has 0 saturated carbocycles. The normalized spacial score (nSPS) is 6.00. The van der Waals surface area contributed by atoms with Gasteiger partial charge in [-0.15, -0.1) is 0 Å². The molecule has 0 amide bonds. The maximum Gasteiger partial charge on any atom is 0.290 e. The van der Waals surface area contributed by atoms with Gasteiger partial charge in [-0.2, -0.15) is 0 Å². The van der Waals surface area contributed by atoms with E-state index in [9.17, 15) is 0 Å². The van der Waals surface area contributed by atoms with Gasteiger partial charge in [0.05, 0.1) is 0 Å². The topological polar surface area (TPSA) is 37.3 Å². The van der Waals surface area contributed by atoms with E-state index in [4.69, 9.17) is 9.90 Å². The molecule has 2 nitrogen and oxygen atoms in total. The first-order chi connectivity index (χ1) is 4.41. The summed E-state index contributed by atoms with van der Waals surface area (Å²) in [5.74, 6) is 0. The van der Waals surface area contributed by atoms with Crippen molar-refractivity contribution in [2.45, 2.75) is 0 Å². The molecular weight excluding hydrogens is 255 g/mol. The Bertz CT molecular complexity index is 115. The van der Waals surface area contributed by atoms with Gasteiger partial charge >= 0.3 is 0 Å². The zero-order valence-corrected chi connectivity index (χ0v) is 9.10. The number of benzene rings is 1. The molecule has 1 N–H and O–H groups in total. The molecule has 0 saturated heterocycles. The van der Waals surface area contributed by atoms with Crippen LogP contribution in [-0.4, -0.2) is 11.6 Å². The summed E-state index contributed by atoms with van der Waals surface area (Å²) in [5.41, 5.74) is 0. The molecule has 0 aliphatic heterocycles. The summed E-state index contributed by atoms with van der Waals surface area (Å²) >= 11 is 0. The molecule has 0 fully saturated rings. The van der Waals surface area contributed by atoms with Gasteiger partial charge in [0.2, 0.25) is 0 Å². The zero-order chi connectivity index (χ0) is 6.95. The Kier molecular flexibility index (Phi) is 14.6. The van der Waals surface area contributed by atoms with Gasteiger partial charge < -0.3 is 5.11 Å². The van der Waals surface area contributed by atoms with E-state index in [1.54, 1.807) is 0 Å². The van der Waals surface area contributed by atoms with Gasteiger partial charge in [0.1, 0.15) is 0 Å². The van der Waals surface area contributed by atoms with E-state index in [0.717, 1.165) is 0 Å². The smallest absolute Gasteiger partial charge is 0.290 e. The van der Waals surface area contributed by atoms with Crippen LogP contribution in [0.1, 0.15) is 0 Å². The van der Waals surface area contributed by atoms with Crippen LogP contribution < -0.4 is 0 Å². The van der Waals surface area contributed by atoms with E-state index in [-0.39, 0.29) is 42.1 Å². The Balaban J connectivity index is 0. The van der Waals surface area contributed by atoms with E-state index in [1.807, 2.05) is 36.4 Å². The van der Waals surface area contributed by atoms with Crippen molar-refractivity contribution in [2.75, 3.05) is 0 Å². The minimum atomic E-state index is -0.250. The summed E-state index contributed by atoms with van der Waals surface area (Å²) in [6.07, 6.45) is 0. The predicted octanol–water partition coefficient (Wildman–Crippen LogP) is 1.39. The minimum Gasteiger partial charge on any atom is -0.483 e. The second-order valence-corrected chi connectivity index (χ2v) is 1.26. The van der Waals surface area contributed by atoms with Crippen molar-refractivity contribution < 1.29 is 45.5 Å². The molecule has 1 rings (SSSR count). The van der Waals surface area contributed by atoms with Crippen LogP contribution >= 0.6 is 0 Å². The van der Waals surface area contributed by atoms with Gasteiger partial charge in [0.25, 0.3) is 6.47 Å². The maximum atomic E-state index is 8.36. The van der Waals surface area contributed by atoms with E-state index in [1.165, 1.54) is 0 Å². The van der Waals surface area contributed by atoms with Gasteiger partial charge in [0.15, 0.2) is 0 Å². The molecule has 0 spiro atoms. The van der Waals surface area contributed by atoms with E-state index >= 15 is 0 Å². The first-order valence-corrected chi connectivity index (χ1v) is 2.49. The Hall–Kier alpha value is -0.115. The molecule has 0 aliphatic carbocycles. The molecular formula is C7H8LaO2. The second-order valence-electron chi connectivity index (χ2n) is 1.26. The van der Waals surface area contributed by atoms with Crippen molar-refractivity contribution in [1.82, 2.24) is 0 Å². The molecule has 0 atom stereocenters. The molecule has 1 aromatic carbocycles. The Labute approximate surface area is 87.9 Å². The second kappa shape index (κ2) is 11.7. The summed E-state index contributed by atoms with van der Waals surface area (Å²) in [6.45, 7) is -0.250. The molecule has 0 heterocycles. The van der Waals surface area contributed by atoms with Crippen LogP contribution in [0.25, 0.3) is 0 Å². The summed E-state index contributed by atoms with van der Waals surface area (Å²) in [5, 5.41) is 6.89. The molecule has 0 aliphatic rings. The van der Waals surface area contributed by atoms with Crippen molar-refractivity contribution in [3.8, 4) is 0 Å². The van der Waals surface area contributed by atoms with Gasteiger partial charge in [-0.1, -0.05) is 36.4 Å². The van der Waals surface area contributed by atoms with Crippen LogP contribution in [0.3, 0.4) is 0 Å². The van der Waals surface area contributed by atoms with Crippen LogP contribution in [0.4, 0.5) is 0 Å². The summed E-state index contributed by atoms with van der Waals surface area (Å²) < 4.78 is 0. The Morgan fingerprint density at radius 2 is 1.00 bits per heavy atom. The molecule has 51 valence electrons. The average Bonchev–Trinajstić information content (AvgIpc) is 1.93. The van der Waals surface area contributed by atoms with Crippen LogP contribution in [0.2, 0.25) is 0 Å². The average molecular weight is 263 g/mol. The van der Waals surface area contributed by atoms with Crippen LogP contribution in [0, 0.1) is 35.6 Å². The van der Waals surface area contributed by atoms with E-state index in [2.05, 4.69) is 0 Å². The predicted molar refractivity (Wildman–Crippen MR) is 35.1 cm³/mol. The van der Waals surface area contributed by atoms with Crippen LogP contribution in [0.15, 0.2) is 36.4 Å². The molecule has 0 unspecified atom stereocenters. The van der Waals surface area contributed by atoms with E-state index in [0.29, 0.717) is 0 Å². The van der Waals surface area contributed by atoms with Crippen molar-refractivity contribution >= 4 is 6.47 Å². The Morgan fingerprint density at radius 3 is 1.10 bits per heavy atom. The minimum absolute atomic E-state index is 0. The van der Waals surface area contributed by atoms with Crippen LogP contribution in [-0.2, 0) is 4.79 Å². The van der Waals surface area contributed by atoms with Gasteiger partial charge in [0, 0.05) is 35.6 Å². The maximum absolute atomic E-state index is 8.36. The molecule has 1 aromatic rings. The summed E-state index contributed by atoms with van der Waals surface area (Å²) in [6, 6.07) is 12.0. The Morgan fingerprint density at radius 1 is 0.900 bits per heavy atom. The largest absolute Gasteiger partial charge is 0.483 e. The third kappa shape index (κ3) is 10.8. The molecule has 0 aromatic heterocycles. The third-order valence-corrected chi connectivity index (χ3v) is 0.667. The zero-order valence-electron chi connectivity index (χ0n) is 5.47. The number of carbonyl (C=O) groups is 1. The number of carboxylic acid groups (broad SMARTS) is 1. The van der Waals surface area contributed by atoms with Crippen molar-refractivity contribution in [2.24, 2.45) is 0 Å². The standard InChI is InChI=1S/C6H6.CH2O2.La/c1-2-4-6-5-3-1;2-1-3;/h1-6H;1H,(H,2,3);. The fourth-order valence-electron chi connectivity index (χ4n) is 0.385. The fourth-order valence-corrected chi connectivity index (χ4v) is 0.385. The summed E-state index contributed by atoms with van der Waals surface area (Å²) in [4.78, 5) is 8.36. The first-order valence-electron chi connectivity index (χ1n) is 2.49. The van der Waals surface area contributed by atoms with Crippen LogP contribution in [0.5, 0.6) is 0 Å². The van der Waals surface area contributed by atoms with Crippen molar-refractivity contribution in [1.29, 1.82) is 0 Å². The number of hydrogen-bond acceptors (Lipinski definition) is 1. The van der Waals surface area contributed by atoms with Crippen molar-refractivity contribution in [3.05, 3.63) is 36.4 Å². The molecule has 1 radical (unpaired) electrons. The number of hydrogen-bond donors (Lipinski definition) is 1. The van der Waals surface area contributed by atoms with Gasteiger partial charge in [-0.25, -0.2) is 0 Å². The number of rotatable bonds is 0. The monoisotopic (exact) mass is 263 g/mol. The van der Waals surface area contributed by atoms with Crippen molar-refractivity contribution in [3.63, 3.8) is 0 Å². The SMILES string of the molecule is O=CO.[La].c1ccccc1. The quantitative estimate of drug-likeness (QED) is 0.718. The summed E-state index contributed by atoms with van der Waals surface area (Å²) in [7, 11) is 0. The fraction of sp³-hybridized carbons (Fsp3) is 0. The van der Waals surface area contributed by atoms with Gasteiger partial charge in [-0.05, 0) is 0 Å². The van der Waals surface area contributed by atoms with E-state index < -0.39 is 0 Å². The molecule has 0 bridgehead atoms. The third-order valence-electron chi connectivity index (χ3n) is 0.667.